The summed E-state index contributed by atoms with van der Waals surface area (Å²) < 4.78 is 22.4. The van der Waals surface area contributed by atoms with E-state index in [2.05, 4.69) is 12.2 Å². The van der Waals surface area contributed by atoms with E-state index in [1.54, 1.807) is 14.2 Å². The smallest absolute Gasteiger partial charge is 0.123 e. The molecule has 2 rings (SSSR count). The minimum atomic E-state index is -0.779. The van der Waals surface area contributed by atoms with Gasteiger partial charge in [-0.15, -0.1) is 0 Å². The van der Waals surface area contributed by atoms with Crippen molar-refractivity contribution in [1.82, 2.24) is 5.32 Å². The molecule has 3 atom stereocenters. The number of benzene rings is 1. The van der Waals surface area contributed by atoms with Crippen molar-refractivity contribution in [3.63, 3.8) is 0 Å². The van der Waals surface area contributed by atoms with Crippen LogP contribution in [0.25, 0.3) is 0 Å². The van der Waals surface area contributed by atoms with Crippen molar-refractivity contribution in [3.05, 3.63) is 23.8 Å². The summed E-state index contributed by atoms with van der Waals surface area (Å²) in [7, 11) is 2.51. The molecule has 0 bridgehead atoms. The highest BCUT2D eigenvalue weighted by atomic mass is 32.2. The molecule has 1 aromatic carbocycles. The molecule has 5 heteroatoms. The molecule has 0 spiro atoms. The van der Waals surface area contributed by atoms with Gasteiger partial charge in [-0.25, -0.2) is 0 Å². The molecule has 100 valence electrons. The van der Waals surface area contributed by atoms with E-state index < -0.39 is 10.8 Å². The Bertz CT molecular complexity index is 450. The first-order chi connectivity index (χ1) is 8.63. The Kier molecular flexibility index (Phi) is 4.24. The average Bonchev–Trinajstić information content (AvgIpc) is 2.36. The SMILES string of the molecule is COc1ccc(OC)c(C2CS(=O)CC(C)N2)c1. The number of nitrogens with one attached hydrogen (secondary N) is 1. The third-order valence-electron chi connectivity index (χ3n) is 3.09. The van der Waals surface area contributed by atoms with Crippen molar-refractivity contribution in [2.75, 3.05) is 25.7 Å². The van der Waals surface area contributed by atoms with Crippen LogP contribution in [0.2, 0.25) is 0 Å². The van der Waals surface area contributed by atoms with Gasteiger partial charge in [-0.05, 0) is 25.1 Å². The molecule has 18 heavy (non-hydrogen) atoms. The third-order valence-corrected chi connectivity index (χ3v) is 4.66. The van der Waals surface area contributed by atoms with Crippen LogP contribution >= 0.6 is 0 Å². The molecule has 0 aliphatic carbocycles. The van der Waals surface area contributed by atoms with E-state index in [0.29, 0.717) is 11.5 Å². The zero-order valence-electron chi connectivity index (χ0n) is 10.9. The van der Waals surface area contributed by atoms with Crippen LogP contribution in [-0.2, 0) is 10.8 Å². The van der Waals surface area contributed by atoms with Gasteiger partial charge in [0.15, 0.2) is 0 Å². The summed E-state index contributed by atoms with van der Waals surface area (Å²) in [5.74, 6) is 2.92. The summed E-state index contributed by atoms with van der Waals surface area (Å²) in [5.41, 5.74) is 1.01. The number of hydrogen-bond acceptors (Lipinski definition) is 4. The van der Waals surface area contributed by atoms with Crippen molar-refractivity contribution in [2.45, 2.75) is 19.0 Å². The molecule has 3 unspecified atom stereocenters. The van der Waals surface area contributed by atoms with E-state index in [-0.39, 0.29) is 12.1 Å². The highest BCUT2D eigenvalue weighted by Crippen LogP contribution is 2.31. The Balaban J connectivity index is 2.32. The van der Waals surface area contributed by atoms with Gasteiger partial charge in [0.05, 0.1) is 14.2 Å². The summed E-state index contributed by atoms with van der Waals surface area (Å²) in [4.78, 5) is 0. The zero-order valence-corrected chi connectivity index (χ0v) is 11.8. The Morgan fingerprint density at radius 2 is 2.06 bits per heavy atom. The van der Waals surface area contributed by atoms with E-state index in [1.807, 2.05) is 18.2 Å². The monoisotopic (exact) mass is 269 g/mol. The molecule has 1 saturated heterocycles. The van der Waals surface area contributed by atoms with Crippen LogP contribution in [0.3, 0.4) is 0 Å². The molecule has 0 saturated carbocycles. The minimum Gasteiger partial charge on any atom is -0.497 e. The van der Waals surface area contributed by atoms with Crippen LogP contribution in [0.1, 0.15) is 18.5 Å². The Hall–Kier alpha value is -1.07. The lowest BCUT2D eigenvalue weighted by Gasteiger charge is -2.29. The fourth-order valence-corrected chi connectivity index (χ4v) is 3.70. The van der Waals surface area contributed by atoms with Gasteiger partial charge < -0.3 is 14.8 Å². The Morgan fingerprint density at radius 1 is 1.28 bits per heavy atom. The highest BCUT2D eigenvalue weighted by molar-refractivity contribution is 7.85. The van der Waals surface area contributed by atoms with E-state index in [4.69, 9.17) is 9.47 Å². The second kappa shape index (κ2) is 5.71. The first-order valence-corrected chi connectivity index (χ1v) is 7.45. The molecular weight excluding hydrogens is 250 g/mol. The number of rotatable bonds is 3. The van der Waals surface area contributed by atoms with Crippen molar-refractivity contribution >= 4 is 10.8 Å². The molecule has 1 aliphatic heterocycles. The van der Waals surface area contributed by atoms with Gasteiger partial charge in [0, 0.05) is 40.0 Å². The quantitative estimate of drug-likeness (QED) is 0.903. The fourth-order valence-electron chi connectivity index (χ4n) is 2.26. The predicted molar refractivity (Wildman–Crippen MR) is 72.8 cm³/mol. The maximum atomic E-state index is 11.8. The van der Waals surface area contributed by atoms with Gasteiger partial charge in [-0.2, -0.15) is 0 Å². The van der Waals surface area contributed by atoms with Crippen LogP contribution < -0.4 is 14.8 Å². The lowest BCUT2D eigenvalue weighted by atomic mass is 10.1. The van der Waals surface area contributed by atoms with Crippen molar-refractivity contribution in [3.8, 4) is 11.5 Å². The minimum absolute atomic E-state index is 0.0552. The van der Waals surface area contributed by atoms with Gasteiger partial charge in [0.25, 0.3) is 0 Å². The predicted octanol–water partition coefficient (Wildman–Crippen LogP) is 1.49. The summed E-state index contributed by atoms with van der Waals surface area (Å²) in [6.07, 6.45) is 0. The van der Waals surface area contributed by atoms with Crippen molar-refractivity contribution in [2.24, 2.45) is 0 Å². The molecule has 4 nitrogen and oxygen atoms in total. The van der Waals surface area contributed by atoms with Crippen molar-refractivity contribution < 1.29 is 13.7 Å². The molecule has 1 aromatic rings. The number of ether oxygens (including phenoxy) is 2. The highest BCUT2D eigenvalue weighted by Gasteiger charge is 2.26. The molecule has 0 amide bonds. The largest absolute Gasteiger partial charge is 0.497 e. The van der Waals surface area contributed by atoms with Gasteiger partial charge in [-0.3, -0.25) is 4.21 Å². The topological polar surface area (TPSA) is 47.6 Å². The lowest BCUT2D eigenvalue weighted by Crippen LogP contribution is -2.43. The zero-order chi connectivity index (χ0) is 13.1. The second-order valence-corrected chi connectivity index (χ2v) is 6.05. The van der Waals surface area contributed by atoms with Crippen molar-refractivity contribution in [1.29, 1.82) is 0 Å². The molecule has 1 aliphatic rings. The lowest BCUT2D eigenvalue weighted by molar-refractivity contribution is 0.387. The van der Waals surface area contributed by atoms with Crippen LogP contribution in [0.5, 0.6) is 11.5 Å². The van der Waals surface area contributed by atoms with Gasteiger partial charge in [0.1, 0.15) is 11.5 Å². The van der Waals surface area contributed by atoms with E-state index in [9.17, 15) is 4.21 Å². The first kappa shape index (κ1) is 13.4. The standard InChI is InChI=1S/C13H19NO3S/c1-9-7-18(15)8-12(14-9)11-6-10(16-2)4-5-13(11)17-3/h4-6,9,12,14H,7-8H2,1-3H3. The molecular formula is C13H19NO3S. The summed E-state index contributed by atoms with van der Waals surface area (Å²) >= 11 is 0. The first-order valence-electron chi connectivity index (χ1n) is 5.97. The molecule has 0 radical (unpaired) electrons. The van der Waals surface area contributed by atoms with Gasteiger partial charge in [-0.1, -0.05) is 0 Å². The van der Waals surface area contributed by atoms with Crippen LogP contribution in [0.15, 0.2) is 18.2 Å². The fraction of sp³-hybridized carbons (Fsp3) is 0.538. The maximum absolute atomic E-state index is 11.8. The third kappa shape index (κ3) is 2.84. The normalized spacial score (nSPS) is 27.8. The average molecular weight is 269 g/mol. The number of methoxy groups -OCH3 is 2. The number of hydrogen-bond donors (Lipinski definition) is 1. The molecule has 0 aromatic heterocycles. The molecule has 1 N–H and O–H groups in total. The Morgan fingerprint density at radius 3 is 2.67 bits per heavy atom. The summed E-state index contributed by atoms with van der Waals surface area (Å²) in [6.45, 7) is 2.05. The second-order valence-electron chi connectivity index (χ2n) is 4.50. The molecule has 1 fully saturated rings. The van der Waals surface area contributed by atoms with Crippen LogP contribution in [0.4, 0.5) is 0 Å². The van der Waals surface area contributed by atoms with Gasteiger partial charge >= 0.3 is 0 Å². The van der Waals surface area contributed by atoms with Crippen LogP contribution in [-0.4, -0.2) is 36.0 Å². The van der Waals surface area contributed by atoms with Crippen LogP contribution in [0, 0.1) is 0 Å². The maximum Gasteiger partial charge on any atom is 0.123 e. The summed E-state index contributed by atoms with van der Waals surface area (Å²) in [5, 5.41) is 3.46. The summed E-state index contributed by atoms with van der Waals surface area (Å²) in [6, 6.07) is 6.01. The van der Waals surface area contributed by atoms with Gasteiger partial charge in [0.2, 0.25) is 0 Å². The van der Waals surface area contributed by atoms with E-state index >= 15 is 0 Å². The molecule has 1 heterocycles. The Labute approximate surface area is 110 Å². The van der Waals surface area contributed by atoms with E-state index in [1.165, 1.54) is 0 Å². The van der Waals surface area contributed by atoms with E-state index in [0.717, 1.165) is 17.1 Å².